The number of alkyl halides is 6. The minimum atomic E-state index is -5.08. The van der Waals surface area contributed by atoms with E-state index in [2.05, 4.69) is 25.9 Å². The van der Waals surface area contributed by atoms with Gasteiger partial charge in [0.2, 0.25) is 0 Å². The molecule has 51 heavy (non-hydrogen) atoms. The summed E-state index contributed by atoms with van der Waals surface area (Å²) in [6.45, 7) is 2.27. The largest absolute Gasteiger partial charge is 0.497 e. The van der Waals surface area contributed by atoms with Crippen molar-refractivity contribution in [2.75, 3.05) is 30.8 Å². The van der Waals surface area contributed by atoms with Gasteiger partial charge >= 0.3 is 18.3 Å². The number of amides is 1. The quantitative estimate of drug-likeness (QED) is 0.119. The van der Waals surface area contributed by atoms with Gasteiger partial charge in [-0.25, -0.2) is 19.4 Å². The molecule has 3 aromatic heterocycles. The number of hydrogen-bond donors (Lipinski definition) is 4. The van der Waals surface area contributed by atoms with Crippen molar-refractivity contribution in [3.05, 3.63) is 83.0 Å². The standard InChI is InChI=1S/C30H28F3N7O3S.C2HF3O2/c1-42-21-8-4-18(5-9-21)17-40-27-25(26(39-40)37-20-3-2-13-34-15-20)23(12-14-35-27)43-22-10-6-19(7-11-22)28(41)38-29-36-16-24(44-29)30(31,32)33;3-2(4,5)1(6)7/h4-12,14,16,20,34H,2-3,13,15,17H2,1H3,(H,37,39)(H,36,38,41);(H,6,7)/t20-;/m1./s1. The number of carboxylic acid groups (broad SMARTS) is 1. The second kappa shape index (κ2) is 15.6. The lowest BCUT2D eigenvalue weighted by Gasteiger charge is -2.23. The Morgan fingerprint density at radius 2 is 1.71 bits per heavy atom. The van der Waals surface area contributed by atoms with Crippen molar-refractivity contribution >= 4 is 45.2 Å². The van der Waals surface area contributed by atoms with Crippen molar-refractivity contribution in [2.45, 2.75) is 37.8 Å². The third-order valence-electron chi connectivity index (χ3n) is 7.32. The average Bonchev–Trinajstić information content (AvgIpc) is 3.71. The maximum absolute atomic E-state index is 12.9. The maximum atomic E-state index is 12.9. The number of fused-ring (bicyclic) bond motifs is 1. The van der Waals surface area contributed by atoms with Crippen LogP contribution in [0.5, 0.6) is 17.2 Å². The van der Waals surface area contributed by atoms with Gasteiger partial charge in [0.15, 0.2) is 16.6 Å². The predicted octanol–water partition coefficient (Wildman–Crippen LogP) is 6.81. The molecule has 1 saturated heterocycles. The number of rotatable bonds is 9. The minimum absolute atomic E-state index is 0.137. The van der Waals surface area contributed by atoms with Gasteiger partial charge < -0.3 is 25.2 Å². The van der Waals surface area contributed by atoms with Gasteiger partial charge in [-0.1, -0.05) is 23.5 Å². The number of pyridine rings is 1. The van der Waals surface area contributed by atoms with Crippen LogP contribution in [-0.2, 0) is 17.5 Å². The normalized spacial score (nSPS) is 14.7. The molecule has 4 heterocycles. The molecular weight excluding hydrogens is 708 g/mol. The van der Waals surface area contributed by atoms with E-state index in [-0.39, 0.29) is 16.7 Å². The molecule has 12 nitrogen and oxygen atoms in total. The number of benzene rings is 2. The lowest BCUT2D eigenvalue weighted by molar-refractivity contribution is -0.192. The van der Waals surface area contributed by atoms with Crippen molar-refractivity contribution in [3.63, 3.8) is 0 Å². The Labute approximate surface area is 289 Å². The zero-order valence-corrected chi connectivity index (χ0v) is 27.3. The van der Waals surface area contributed by atoms with Crippen LogP contribution < -0.4 is 25.4 Å². The summed E-state index contributed by atoms with van der Waals surface area (Å²) in [7, 11) is 1.63. The first-order valence-corrected chi connectivity index (χ1v) is 15.9. The highest BCUT2D eigenvalue weighted by atomic mass is 32.1. The first kappa shape index (κ1) is 36.8. The highest BCUT2D eigenvalue weighted by Gasteiger charge is 2.38. The number of carbonyl (C=O) groups excluding carboxylic acids is 1. The smallest absolute Gasteiger partial charge is 0.490 e. The molecule has 0 aliphatic carbocycles. The van der Waals surface area contributed by atoms with Crippen LogP contribution in [0.25, 0.3) is 11.0 Å². The van der Waals surface area contributed by atoms with E-state index in [1.165, 1.54) is 12.1 Å². The average molecular weight is 738 g/mol. The Morgan fingerprint density at radius 3 is 2.29 bits per heavy atom. The van der Waals surface area contributed by atoms with Gasteiger partial charge in [-0.3, -0.25) is 10.1 Å². The van der Waals surface area contributed by atoms with Crippen LogP contribution in [0.1, 0.15) is 33.6 Å². The van der Waals surface area contributed by atoms with Crippen LogP contribution in [0.15, 0.2) is 67.0 Å². The molecule has 1 aliphatic rings. The third-order valence-corrected chi connectivity index (χ3v) is 8.27. The van der Waals surface area contributed by atoms with Crippen LogP contribution in [-0.4, -0.2) is 69.1 Å². The lowest BCUT2D eigenvalue weighted by atomic mass is 10.1. The number of ether oxygens (including phenoxy) is 2. The summed E-state index contributed by atoms with van der Waals surface area (Å²) >= 11 is 0.364. The second-order valence-corrected chi connectivity index (χ2v) is 12.0. The maximum Gasteiger partial charge on any atom is 0.490 e. The Bertz CT molecular complexity index is 1960. The fourth-order valence-corrected chi connectivity index (χ4v) is 5.55. The van der Waals surface area contributed by atoms with E-state index in [1.807, 2.05) is 28.9 Å². The number of aliphatic carboxylic acids is 1. The Morgan fingerprint density at radius 1 is 1.02 bits per heavy atom. The highest BCUT2D eigenvalue weighted by molar-refractivity contribution is 7.15. The Balaban J connectivity index is 0.000000654. The lowest BCUT2D eigenvalue weighted by Crippen LogP contribution is -2.38. The van der Waals surface area contributed by atoms with E-state index in [0.29, 0.717) is 47.0 Å². The van der Waals surface area contributed by atoms with Crippen molar-refractivity contribution in [3.8, 4) is 17.2 Å². The summed E-state index contributed by atoms with van der Waals surface area (Å²) in [4.78, 5) is 28.9. The number of thiazole rings is 1. The molecular formula is C32H29F6N7O5S. The molecule has 4 N–H and O–H groups in total. The first-order chi connectivity index (χ1) is 24.2. The van der Waals surface area contributed by atoms with Crippen LogP contribution >= 0.6 is 11.3 Å². The zero-order valence-electron chi connectivity index (χ0n) is 26.5. The molecule has 270 valence electrons. The van der Waals surface area contributed by atoms with Crippen LogP contribution in [0, 0.1) is 0 Å². The molecule has 6 rings (SSSR count). The van der Waals surface area contributed by atoms with Gasteiger partial charge in [0.05, 0.1) is 19.9 Å². The van der Waals surface area contributed by atoms with E-state index in [0.717, 1.165) is 42.6 Å². The summed E-state index contributed by atoms with van der Waals surface area (Å²) in [6, 6.07) is 16.0. The molecule has 5 aromatic rings. The van der Waals surface area contributed by atoms with Gasteiger partial charge in [-0.05, 0) is 61.3 Å². The van der Waals surface area contributed by atoms with Crippen LogP contribution in [0.4, 0.5) is 37.3 Å². The van der Waals surface area contributed by atoms with E-state index in [1.54, 1.807) is 31.5 Å². The molecule has 19 heteroatoms. The molecule has 0 bridgehead atoms. The third kappa shape index (κ3) is 9.63. The number of carbonyl (C=O) groups is 2. The summed E-state index contributed by atoms with van der Waals surface area (Å²) in [5, 5.41) is 22.0. The molecule has 0 saturated carbocycles. The molecule has 1 aliphatic heterocycles. The van der Waals surface area contributed by atoms with Crippen molar-refractivity contribution in [2.24, 2.45) is 0 Å². The van der Waals surface area contributed by atoms with Crippen molar-refractivity contribution in [1.82, 2.24) is 25.1 Å². The zero-order chi connectivity index (χ0) is 36.8. The fraction of sp³-hybridized carbons (Fsp3) is 0.281. The van der Waals surface area contributed by atoms with Gasteiger partial charge in [0.1, 0.15) is 27.5 Å². The van der Waals surface area contributed by atoms with Crippen LogP contribution in [0.2, 0.25) is 0 Å². The summed E-state index contributed by atoms with van der Waals surface area (Å²) < 4.78 is 83.7. The van der Waals surface area contributed by atoms with Gasteiger partial charge in [-0.15, -0.1) is 0 Å². The SMILES string of the molecule is COc1ccc(Cn2nc(N[C@@H]3CCCNC3)c3c(Oc4ccc(C(=O)Nc5ncc(C(F)(F)F)s5)cc4)ccnc32)cc1.O=C(O)C(F)(F)F. The molecule has 1 atom stereocenters. The van der Waals surface area contributed by atoms with E-state index in [9.17, 15) is 31.1 Å². The number of nitrogens with zero attached hydrogens (tertiary/aromatic N) is 4. The molecule has 2 aromatic carbocycles. The second-order valence-electron chi connectivity index (χ2n) is 11.0. The van der Waals surface area contributed by atoms with Gasteiger partial charge in [-0.2, -0.15) is 31.4 Å². The molecule has 1 amide bonds. The highest BCUT2D eigenvalue weighted by Crippen LogP contribution is 2.36. The number of halogens is 6. The molecule has 0 unspecified atom stereocenters. The molecule has 0 spiro atoms. The number of anilines is 2. The van der Waals surface area contributed by atoms with Crippen molar-refractivity contribution < 1.29 is 50.5 Å². The van der Waals surface area contributed by atoms with E-state index >= 15 is 0 Å². The number of aromatic nitrogens is 4. The van der Waals surface area contributed by atoms with Gasteiger partial charge in [0.25, 0.3) is 5.91 Å². The number of carboxylic acids is 1. The number of piperidine rings is 1. The first-order valence-electron chi connectivity index (χ1n) is 15.1. The van der Waals surface area contributed by atoms with E-state index < -0.39 is 29.1 Å². The minimum Gasteiger partial charge on any atom is -0.497 e. The van der Waals surface area contributed by atoms with Crippen LogP contribution in [0.3, 0.4) is 0 Å². The summed E-state index contributed by atoms with van der Waals surface area (Å²) in [5.41, 5.74) is 1.90. The topological polar surface area (TPSA) is 153 Å². The number of methoxy groups -OCH3 is 1. The predicted molar refractivity (Wildman–Crippen MR) is 174 cm³/mol. The number of hydrogen-bond acceptors (Lipinski definition) is 10. The monoisotopic (exact) mass is 737 g/mol. The van der Waals surface area contributed by atoms with Gasteiger partial charge in [0, 0.05) is 30.4 Å². The number of nitrogens with one attached hydrogen (secondary N) is 3. The molecule has 0 radical (unpaired) electrons. The Hall–Kier alpha value is -5.43. The summed E-state index contributed by atoms with van der Waals surface area (Å²) in [6.07, 6.45) is -5.21. The fourth-order valence-electron chi connectivity index (χ4n) is 4.87. The Kier molecular flexibility index (Phi) is 11.3. The van der Waals surface area contributed by atoms with E-state index in [4.69, 9.17) is 24.5 Å². The van der Waals surface area contributed by atoms with Crippen molar-refractivity contribution in [1.29, 1.82) is 0 Å². The molecule has 1 fully saturated rings. The summed E-state index contributed by atoms with van der Waals surface area (Å²) in [5.74, 6) is -0.936.